The van der Waals surface area contributed by atoms with Gasteiger partial charge in [-0.05, 0) is 37.8 Å². The van der Waals surface area contributed by atoms with E-state index in [9.17, 15) is 0 Å². The van der Waals surface area contributed by atoms with Gasteiger partial charge in [-0.3, -0.25) is 0 Å². The van der Waals surface area contributed by atoms with Crippen molar-refractivity contribution < 1.29 is 5.21 Å². The third kappa shape index (κ3) is 1.14. The zero-order valence-corrected chi connectivity index (χ0v) is 7.82. The van der Waals surface area contributed by atoms with Crippen LogP contribution in [-0.4, -0.2) is 10.9 Å². The van der Waals surface area contributed by atoms with Gasteiger partial charge in [-0.1, -0.05) is 5.16 Å². The Kier molecular flexibility index (Phi) is 1.89. The van der Waals surface area contributed by atoms with Crippen LogP contribution >= 0.6 is 11.3 Å². The molecule has 0 aromatic carbocycles. The number of fused-ring (bicyclic) bond motifs is 1. The number of hydrogen-bond acceptors (Lipinski definition) is 3. The summed E-state index contributed by atoms with van der Waals surface area (Å²) in [6, 6.07) is 2.20. The third-order valence-electron chi connectivity index (χ3n) is 2.17. The Hall–Kier alpha value is -0.830. The first-order valence-electron chi connectivity index (χ1n) is 4.12. The van der Waals surface area contributed by atoms with Crippen molar-refractivity contribution in [3.05, 3.63) is 21.4 Å². The van der Waals surface area contributed by atoms with Crippen molar-refractivity contribution in [3.8, 4) is 0 Å². The minimum absolute atomic E-state index is 0.870. The van der Waals surface area contributed by atoms with Crippen LogP contribution in [0.15, 0.2) is 11.2 Å². The molecule has 2 nitrogen and oxygen atoms in total. The van der Waals surface area contributed by atoms with E-state index in [0.717, 1.165) is 25.0 Å². The summed E-state index contributed by atoms with van der Waals surface area (Å²) >= 11 is 1.73. The lowest BCUT2D eigenvalue weighted by atomic mass is 9.97. The summed E-state index contributed by atoms with van der Waals surface area (Å²) < 4.78 is 0. The zero-order chi connectivity index (χ0) is 8.55. The van der Waals surface area contributed by atoms with E-state index >= 15 is 0 Å². The van der Waals surface area contributed by atoms with E-state index in [1.807, 2.05) is 0 Å². The molecule has 0 unspecified atom stereocenters. The Bertz CT molecular complexity index is 327. The maximum absolute atomic E-state index is 8.74. The van der Waals surface area contributed by atoms with Gasteiger partial charge in [0.05, 0.1) is 10.6 Å². The van der Waals surface area contributed by atoms with Crippen LogP contribution in [0.25, 0.3) is 0 Å². The molecule has 64 valence electrons. The van der Waals surface area contributed by atoms with Gasteiger partial charge in [0.1, 0.15) is 0 Å². The van der Waals surface area contributed by atoms with Crippen molar-refractivity contribution in [2.75, 3.05) is 0 Å². The number of oxime groups is 1. The zero-order valence-electron chi connectivity index (χ0n) is 7.00. The smallest absolute Gasteiger partial charge is 0.0970 e. The maximum atomic E-state index is 8.74. The molecule has 1 heterocycles. The molecule has 0 fully saturated rings. The van der Waals surface area contributed by atoms with Gasteiger partial charge in [-0.15, -0.1) is 11.3 Å². The SMILES string of the molecule is Cc1cc2c(s1)C(=NO)CCC2. The van der Waals surface area contributed by atoms with Crippen LogP contribution in [0.3, 0.4) is 0 Å². The fourth-order valence-electron chi connectivity index (χ4n) is 1.65. The highest BCUT2D eigenvalue weighted by atomic mass is 32.1. The highest BCUT2D eigenvalue weighted by molar-refractivity contribution is 7.14. The molecule has 0 radical (unpaired) electrons. The van der Waals surface area contributed by atoms with Crippen LogP contribution in [0.2, 0.25) is 0 Å². The molecule has 0 saturated carbocycles. The van der Waals surface area contributed by atoms with E-state index in [1.165, 1.54) is 15.3 Å². The second kappa shape index (κ2) is 2.90. The monoisotopic (exact) mass is 181 g/mol. The van der Waals surface area contributed by atoms with Crippen molar-refractivity contribution in [2.24, 2.45) is 5.16 Å². The molecule has 0 spiro atoms. The number of aryl methyl sites for hydroxylation is 2. The fraction of sp³-hybridized carbons (Fsp3) is 0.444. The lowest BCUT2D eigenvalue weighted by Crippen LogP contribution is -2.08. The van der Waals surface area contributed by atoms with Crippen LogP contribution in [0.1, 0.15) is 28.2 Å². The Morgan fingerprint density at radius 2 is 2.33 bits per heavy atom. The quantitative estimate of drug-likeness (QED) is 0.484. The van der Waals surface area contributed by atoms with E-state index in [1.54, 1.807) is 11.3 Å². The number of hydrogen-bond donors (Lipinski definition) is 1. The standard InChI is InChI=1S/C9H11NOS/c1-6-5-7-3-2-4-8(10-11)9(7)12-6/h5,11H,2-4H2,1H3. The van der Waals surface area contributed by atoms with Crippen molar-refractivity contribution in [2.45, 2.75) is 26.2 Å². The summed E-state index contributed by atoms with van der Waals surface area (Å²) in [6.07, 6.45) is 3.17. The highest BCUT2D eigenvalue weighted by Gasteiger charge is 2.18. The van der Waals surface area contributed by atoms with E-state index in [4.69, 9.17) is 5.21 Å². The molecule has 0 bridgehead atoms. The average molecular weight is 181 g/mol. The first kappa shape index (κ1) is 7.80. The van der Waals surface area contributed by atoms with Gasteiger partial charge < -0.3 is 5.21 Å². The fourth-order valence-corrected chi connectivity index (χ4v) is 2.73. The molecular formula is C9H11NOS. The van der Waals surface area contributed by atoms with Gasteiger partial charge in [-0.2, -0.15) is 0 Å². The molecule has 1 N–H and O–H groups in total. The molecule has 1 aliphatic rings. The highest BCUT2D eigenvalue weighted by Crippen LogP contribution is 2.29. The van der Waals surface area contributed by atoms with E-state index < -0.39 is 0 Å². The van der Waals surface area contributed by atoms with Crippen LogP contribution in [0.4, 0.5) is 0 Å². The molecule has 1 aromatic rings. The molecule has 1 aliphatic carbocycles. The number of rotatable bonds is 0. The van der Waals surface area contributed by atoms with Gasteiger partial charge >= 0.3 is 0 Å². The number of nitrogens with zero attached hydrogens (tertiary/aromatic N) is 1. The maximum Gasteiger partial charge on any atom is 0.0970 e. The molecule has 0 atom stereocenters. The van der Waals surface area contributed by atoms with E-state index in [0.29, 0.717) is 0 Å². The van der Waals surface area contributed by atoms with Crippen molar-refractivity contribution >= 4 is 17.0 Å². The molecule has 2 rings (SSSR count). The summed E-state index contributed by atoms with van der Waals surface area (Å²) in [7, 11) is 0. The predicted octanol–water partition coefficient (Wildman–Crippen LogP) is 2.57. The molecule has 1 aromatic heterocycles. The minimum atomic E-state index is 0.870. The van der Waals surface area contributed by atoms with Gasteiger partial charge in [-0.25, -0.2) is 0 Å². The first-order valence-corrected chi connectivity index (χ1v) is 4.93. The third-order valence-corrected chi connectivity index (χ3v) is 3.32. The second-order valence-corrected chi connectivity index (χ2v) is 4.37. The minimum Gasteiger partial charge on any atom is -0.411 e. The van der Waals surface area contributed by atoms with Crippen molar-refractivity contribution in [3.63, 3.8) is 0 Å². The Labute approximate surface area is 75.5 Å². The molecule has 0 amide bonds. The second-order valence-electron chi connectivity index (χ2n) is 3.11. The molecular weight excluding hydrogens is 170 g/mol. The van der Waals surface area contributed by atoms with Crippen molar-refractivity contribution in [1.29, 1.82) is 0 Å². The van der Waals surface area contributed by atoms with Gasteiger partial charge in [0.2, 0.25) is 0 Å². The summed E-state index contributed by atoms with van der Waals surface area (Å²) in [5.74, 6) is 0. The van der Waals surface area contributed by atoms with Crippen LogP contribution < -0.4 is 0 Å². The van der Waals surface area contributed by atoms with E-state index in [-0.39, 0.29) is 0 Å². The largest absolute Gasteiger partial charge is 0.411 e. The summed E-state index contributed by atoms with van der Waals surface area (Å²) in [5, 5.41) is 12.1. The Morgan fingerprint density at radius 3 is 3.08 bits per heavy atom. The average Bonchev–Trinajstić information content (AvgIpc) is 2.44. The van der Waals surface area contributed by atoms with Crippen LogP contribution in [0.5, 0.6) is 0 Å². The summed E-state index contributed by atoms with van der Waals surface area (Å²) in [5.41, 5.74) is 2.23. The molecule has 12 heavy (non-hydrogen) atoms. The Balaban J connectivity index is 2.50. The normalized spacial score (nSPS) is 19.6. The lowest BCUT2D eigenvalue weighted by molar-refractivity contribution is 0.317. The first-order chi connectivity index (χ1) is 5.81. The molecule has 0 saturated heterocycles. The lowest BCUT2D eigenvalue weighted by Gasteiger charge is -2.10. The van der Waals surface area contributed by atoms with Gasteiger partial charge in [0.15, 0.2) is 0 Å². The Morgan fingerprint density at radius 1 is 1.50 bits per heavy atom. The van der Waals surface area contributed by atoms with E-state index in [2.05, 4.69) is 18.1 Å². The number of thiophene rings is 1. The topological polar surface area (TPSA) is 32.6 Å². The summed E-state index contributed by atoms with van der Waals surface area (Å²) in [4.78, 5) is 2.50. The van der Waals surface area contributed by atoms with Crippen LogP contribution in [0, 0.1) is 6.92 Å². The molecule has 3 heteroatoms. The molecule has 0 aliphatic heterocycles. The van der Waals surface area contributed by atoms with Crippen molar-refractivity contribution in [1.82, 2.24) is 0 Å². The van der Waals surface area contributed by atoms with Crippen LogP contribution in [-0.2, 0) is 6.42 Å². The van der Waals surface area contributed by atoms with Gasteiger partial charge in [0, 0.05) is 4.88 Å². The van der Waals surface area contributed by atoms with Gasteiger partial charge in [0.25, 0.3) is 0 Å². The predicted molar refractivity (Wildman–Crippen MR) is 50.3 cm³/mol. The summed E-state index contributed by atoms with van der Waals surface area (Å²) in [6.45, 7) is 2.10.